The van der Waals surface area contributed by atoms with Crippen LogP contribution in [0.2, 0.25) is 0 Å². The first kappa shape index (κ1) is 15.2. The summed E-state index contributed by atoms with van der Waals surface area (Å²) in [5.41, 5.74) is 2.71. The van der Waals surface area contributed by atoms with Crippen LogP contribution in [0.5, 0.6) is 0 Å². The van der Waals surface area contributed by atoms with Crippen molar-refractivity contribution >= 4 is 17.7 Å². The second-order valence-corrected chi connectivity index (χ2v) is 5.06. The Bertz CT molecular complexity index is 595. The second-order valence-electron chi connectivity index (χ2n) is 5.06. The van der Waals surface area contributed by atoms with Gasteiger partial charge in [-0.05, 0) is 25.0 Å². The van der Waals surface area contributed by atoms with Gasteiger partial charge in [-0.2, -0.15) is 0 Å². The molecule has 2 aliphatic heterocycles. The lowest BCUT2D eigenvalue weighted by molar-refractivity contribution is -0.136. The molecule has 0 aromatic heterocycles. The Balaban J connectivity index is 0.000000774. The van der Waals surface area contributed by atoms with Gasteiger partial charge >= 0.3 is 0 Å². The van der Waals surface area contributed by atoms with E-state index in [-0.39, 0.29) is 24.1 Å². The number of aryl methyl sites for hydroxylation is 1. The number of imide groups is 1. The van der Waals surface area contributed by atoms with Crippen LogP contribution in [0.25, 0.3) is 0 Å². The predicted molar refractivity (Wildman–Crippen MR) is 78.6 cm³/mol. The molecule has 0 aliphatic carbocycles. The number of hydrogen-bond acceptors (Lipinski definition) is 3. The van der Waals surface area contributed by atoms with Crippen molar-refractivity contribution in [3.63, 3.8) is 0 Å². The number of nitrogens with one attached hydrogen (secondary N) is 1. The minimum absolute atomic E-state index is 0.121. The zero-order valence-corrected chi connectivity index (χ0v) is 12.6. The summed E-state index contributed by atoms with van der Waals surface area (Å²) in [5, 5.41) is 2.29. The van der Waals surface area contributed by atoms with Gasteiger partial charge in [0.05, 0.1) is 0 Å². The highest BCUT2D eigenvalue weighted by molar-refractivity contribution is 6.05. The van der Waals surface area contributed by atoms with E-state index in [1.54, 1.807) is 11.0 Å². The predicted octanol–water partition coefficient (Wildman–Crippen LogP) is 1.78. The van der Waals surface area contributed by atoms with Crippen molar-refractivity contribution in [2.45, 2.75) is 46.2 Å². The van der Waals surface area contributed by atoms with Gasteiger partial charge in [0, 0.05) is 18.5 Å². The van der Waals surface area contributed by atoms with Crippen LogP contribution in [-0.4, -0.2) is 28.7 Å². The Morgan fingerprint density at radius 2 is 1.90 bits per heavy atom. The third-order valence-corrected chi connectivity index (χ3v) is 3.68. The molecule has 3 amide bonds. The normalized spacial score (nSPS) is 20.6. The van der Waals surface area contributed by atoms with Gasteiger partial charge in [-0.25, -0.2) is 0 Å². The Hall–Kier alpha value is -2.17. The summed E-state index contributed by atoms with van der Waals surface area (Å²) in [7, 11) is 0. The van der Waals surface area contributed by atoms with E-state index < -0.39 is 6.04 Å². The number of amides is 3. The summed E-state index contributed by atoms with van der Waals surface area (Å²) in [6, 6.07) is 5.14. The van der Waals surface area contributed by atoms with E-state index in [1.807, 2.05) is 32.9 Å². The number of benzene rings is 1. The van der Waals surface area contributed by atoms with Crippen LogP contribution in [0.4, 0.5) is 0 Å². The SMILES string of the molecule is CC.Cc1ccc2c(c1)CN(C1CCC(=O)NC1=O)C2=O. The number of fused-ring (bicyclic) bond motifs is 1. The van der Waals surface area contributed by atoms with Crippen LogP contribution in [0, 0.1) is 6.92 Å². The fourth-order valence-electron chi connectivity index (χ4n) is 2.70. The lowest BCUT2D eigenvalue weighted by atomic mass is 10.0. The molecule has 1 N–H and O–H groups in total. The van der Waals surface area contributed by atoms with Crippen LogP contribution < -0.4 is 5.32 Å². The molecule has 2 aliphatic rings. The summed E-state index contributed by atoms with van der Waals surface area (Å²) in [6.07, 6.45) is 0.693. The maximum absolute atomic E-state index is 12.3. The third kappa shape index (κ3) is 2.82. The standard InChI is InChI=1S/C14H14N2O3.C2H6/c1-8-2-3-10-9(6-8)7-16(14(10)19)11-4-5-12(17)15-13(11)18;1-2/h2-3,6,11H,4-5,7H2,1H3,(H,15,17,18);1-2H3. The first-order chi connectivity index (χ1) is 10.1. The molecule has 1 aromatic carbocycles. The number of piperidine rings is 1. The molecule has 2 heterocycles. The van der Waals surface area contributed by atoms with Crippen LogP contribution in [-0.2, 0) is 16.1 Å². The molecule has 0 spiro atoms. The minimum Gasteiger partial charge on any atom is -0.322 e. The summed E-state index contributed by atoms with van der Waals surface area (Å²) >= 11 is 0. The van der Waals surface area contributed by atoms with Crippen molar-refractivity contribution < 1.29 is 14.4 Å². The second kappa shape index (κ2) is 6.08. The summed E-state index contributed by atoms with van der Waals surface area (Å²) < 4.78 is 0. The van der Waals surface area contributed by atoms with Gasteiger partial charge in [0.1, 0.15) is 6.04 Å². The Labute approximate surface area is 124 Å². The quantitative estimate of drug-likeness (QED) is 0.801. The molecular formula is C16H20N2O3. The van der Waals surface area contributed by atoms with Crippen LogP contribution >= 0.6 is 0 Å². The molecule has 1 fully saturated rings. The minimum atomic E-state index is -0.530. The monoisotopic (exact) mass is 288 g/mol. The van der Waals surface area contributed by atoms with E-state index in [1.165, 1.54) is 0 Å². The number of rotatable bonds is 1. The van der Waals surface area contributed by atoms with E-state index in [2.05, 4.69) is 5.32 Å². The van der Waals surface area contributed by atoms with Crippen molar-refractivity contribution in [1.82, 2.24) is 10.2 Å². The molecule has 1 unspecified atom stereocenters. The molecule has 1 aromatic rings. The van der Waals surface area contributed by atoms with Crippen LogP contribution in [0.3, 0.4) is 0 Å². The molecule has 21 heavy (non-hydrogen) atoms. The Morgan fingerprint density at radius 3 is 2.57 bits per heavy atom. The molecule has 112 valence electrons. The first-order valence-corrected chi connectivity index (χ1v) is 7.30. The van der Waals surface area contributed by atoms with E-state index in [0.29, 0.717) is 18.5 Å². The van der Waals surface area contributed by atoms with Crippen LogP contribution in [0.1, 0.15) is 48.2 Å². The fourth-order valence-corrected chi connectivity index (χ4v) is 2.70. The maximum Gasteiger partial charge on any atom is 0.255 e. The lowest BCUT2D eigenvalue weighted by Crippen LogP contribution is -2.52. The van der Waals surface area contributed by atoms with E-state index in [0.717, 1.165) is 11.1 Å². The number of carbonyl (C=O) groups excluding carboxylic acids is 3. The molecule has 3 rings (SSSR count). The van der Waals surface area contributed by atoms with Crippen molar-refractivity contribution in [3.8, 4) is 0 Å². The molecule has 5 heteroatoms. The topological polar surface area (TPSA) is 66.5 Å². The number of nitrogens with zero attached hydrogens (tertiary/aromatic N) is 1. The molecule has 1 atom stereocenters. The van der Waals surface area contributed by atoms with Gasteiger partial charge in [-0.3, -0.25) is 19.7 Å². The smallest absolute Gasteiger partial charge is 0.255 e. The van der Waals surface area contributed by atoms with Crippen molar-refractivity contribution in [2.75, 3.05) is 0 Å². The molecule has 0 radical (unpaired) electrons. The van der Waals surface area contributed by atoms with Gasteiger partial charge in [-0.15, -0.1) is 0 Å². The molecule has 5 nitrogen and oxygen atoms in total. The number of hydrogen-bond donors (Lipinski definition) is 1. The van der Waals surface area contributed by atoms with Gasteiger partial charge in [0.2, 0.25) is 11.8 Å². The van der Waals surface area contributed by atoms with Gasteiger partial charge in [0.25, 0.3) is 5.91 Å². The highest BCUT2D eigenvalue weighted by atomic mass is 16.2. The van der Waals surface area contributed by atoms with Crippen LogP contribution in [0.15, 0.2) is 18.2 Å². The highest BCUT2D eigenvalue weighted by Gasteiger charge is 2.38. The molecule has 0 saturated carbocycles. The summed E-state index contributed by atoms with van der Waals surface area (Å²) in [5.74, 6) is -0.750. The maximum atomic E-state index is 12.3. The summed E-state index contributed by atoms with van der Waals surface area (Å²) in [6.45, 7) is 6.42. The average Bonchev–Trinajstić information content (AvgIpc) is 2.77. The van der Waals surface area contributed by atoms with E-state index in [4.69, 9.17) is 0 Å². The van der Waals surface area contributed by atoms with Crippen molar-refractivity contribution in [2.24, 2.45) is 0 Å². The molecule has 0 bridgehead atoms. The Kier molecular flexibility index (Phi) is 4.40. The van der Waals surface area contributed by atoms with Crippen molar-refractivity contribution in [3.05, 3.63) is 34.9 Å². The van der Waals surface area contributed by atoms with E-state index >= 15 is 0 Å². The number of carbonyl (C=O) groups is 3. The van der Waals surface area contributed by atoms with Gasteiger partial charge in [0.15, 0.2) is 0 Å². The Morgan fingerprint density at radius 1 is 1.19 bits per heavy atom. The highest BCUT2D eigenvalue weighted by Crippen LogP contribution is 2.27. The molecule has 1 saturated heterocycles. The van der Waals surface area contributed by atoms with Gasteiger partial charge in [-0.1, -0.05) is 31.5 Å². The third-order valence-electron chi connectivity index (χ3n) is 3.68. The fraction of sp³-hybridized carbons (Fsp3) is 0.438. The summed E-state index contributed by atoms with van der Waals surface area (Å²) in [4.78, 5) is 36.8. The van der Waals surface area contributed by atoms with E-state index in [9.17, 15) is 14.4 Å². The largest absolute Gasteiger partial charge is 0.322 e. The molecular weight excluding hydrogens is 268 g/mol. The average molecular weight is 288 g/mol. The van der Waals surface area contributed by atoms with Crippen molar-refractivity contribution in [1.29, 1.82) is 0 Å². The lowest BCUT2D eigenvalue weighted by Gasteiger charge is -2.29. The zero-order chi connectivity index (χ0) is 15.6. The zero-order valence-electron chi connectivity index (χ0n) is 12.6. The van der Waals surface area contributed by atoms with Gasteiger partial charge < -0.3 is 4.90 Å². The first-order valence-electron chi connectivity index (χ1n) is 7.30.